The maximum Gasteiger partial charge on any atom is 0.235 e. The topological polar surface area (TPSA) is 48.5 Å². The lowest BCUT2D eigenvalue weighted by Crippen LogP contribution is -2.04. The number of aromatic nitrogens is 5. The van der Waals surface area contributed by atoms with Gasteiger partial charge in [0.25, 0.3) is 0 Å². The van der Waals surface area contributed by atoms with Crippen LogP contribution < -0.4 is 0 Å². The van der Waals surface area contributed by atoms with Crippen molar-refractivity contribution < 1.29 is 0 Å². The molecule has 0 radical (unpaired) electrons. The molecule has 5 aromatic heterocycles. The summed E-state index contributed by atoms with van der Waals surface area (Å²) in [5.41, 5.74) is 10.8. The minimum Gasteiger partial charge on any atom is -0.308 e. The highest BCUT2D eigenvalue weighted by Crippen LogP contribution is 2.50. The van der Waals surface area contributed by atoms with Gasteiger partial charge in [-0.25, -0.2) is 15.0 Å². The van der Waals surface area contributed by atoms with Crippen LogP contribution in [0.25, 0.3) is 109 Å². The van der Waals surface area contributed by atoms with Crippen LogP contribution >= 0.6 is 11.3 Å². The lowest BCUT2D eigenvalue weighted by molar-refractivity contribution is 1.02. The molecule has 6 heteroatoms. The van der Waals surface area contributed by atoms with E-state index in [1.165, 1.54) is 48.4 Å². The standard InChI is InChI=1S/C49H29N5S/c1-3-14-30(15-4-1)31-25-27-32(28-26-31)44-34-18-7-10-22-38(34)51-49(52-44)54-40-24-12-8-19-35(40)41-45-42(47-43(46(41)54)37-21-13-29-50-48(37)55-47)36-20-9-11-23-39(36)53(45)33-16-5-2-6-17-33/h1-29H. The van der Waals surface area contributed by atoms with E-state index < -0.39 is 0 Å². The van der Waals surface area contributed by atoms with E-state index in [0.29, 0.717) is 5.95 Å². The van der Waals surface area contributed by atoms with E-state index in [2.05, 4.69) is 179 Å². The molecule has 0 spiro atoms. The van der Waals surface area contributed by atoms with Crippen molar-refractivity contribution in [2.75, 3.05) is 0 Å². The average molecular weight is 720 g/mol. The Hall–Kier alpha value is -7.15. The van der Waals surface area contributed by atoms with Crippen LogP contribution in [-0.4, -0.2) is 24.1 Å². The summed E-state index contributed by atoms with van der Waals surface area (Å²) in [5.74, 6) is 0.637. The van der Waals surface area contributed by atoms with Gasteiger partial charge in [-0.1, -0.05) is 127 Å². The number of benzene rings is 7. The molecule has 256 valence electrons. The molecule has 0 saturated carbocycles. The number of nitrogens with zero attached hydrogens (tertiary/aromatic N) is 5. The third-order valence-electron chi connectivity index (χ3n) is 11.0. The number of hydrogen-bond donors (Lipinski definition) is 0. The quantitative estimate of drug-likeness (QED) is 0.182. The van der Waals surface area contributed by atoms with E-state index in [1.807, 2.05) is 6.20 Å². The van der Waals surface area contributed by atoms with Gasteiger partial charge in [0.05, 0.1) is 33.3 Å². The molecule has 0 saturated heterocycles. The first-order chi connectivity index (χ1) is 27.3. The number of hydrogen-bond acceptors (Lipinski definition) is 4. The van der Waals surface area contributed by atoms with Crippen LogP contribution in [0.3, 0.4) is 0 Å². The Morgan fingerprint density at radius 3 is 1.76 bits per heavy atom. The number of para-hydroxylation sites is 4. The van der Waals surface area contributed by atoms with Gasteiger partial charge in [-0.2, -0.15) is 0 Å². The van der Waals surface area contributed by atoms with E-state index >= 15 is 0 Å². The first-order valence-electron chi connectivity index (χ1n) is 18.5. The van der Waals surface area contributed by atoms with E-state index in [1.54, 1.807) is 11.3 Å². The predicted octanol–water partition coefficient (Wildman–Crippen LogP) is 12.9. The monoisotopic (exact) mass is 719 g/mol. The van der Waals surface area contributed by atoms with Crippen LogP contribution in [0.5, 0.6) is 0 Å². The van der Waals surface area contributed by atoms with Crippen LogP contribution in [0, 0.1) is 0 Å². The second-order valence-corrected chi connectivity index (χ2v) is 15.0. The van der Waals surface area contributed by atoms with Gasteiger partial charge in [0, 0.05) is 59.9 Å². The van der Waals surface area contributed by atoms with Gasteiger partial charge in [0.1, 0.15) is 4.83 Å². The number of rotatable bonds is 4. The molecule has 0 bridgehead atoms. The summed E-state index contributed by atoms with van der Waals surface area (Å²) in [6.45, 7) is 0. The predicted molar refractivity (Wildman–Crippen MR) is 230 cm³/mol. The summed E-state index contributed by atoms with van der Waals surface area (Å²) in [4.78, 5) is 16.8. The Morgan fingerprint density at radius 1 is 0.418 bits per heavy atom. The van der Waals surface area contributed by atoms with Crippen molar-refractivity contribution in [3.63, 3.8) is 0 Å². The summed E-state index contributed by atoms with van der Waals surface area (Å²) in [6, 6.07) is 60.1. The fourth-order valence-electron chi connectivity index (χ4n) is 8.65. The molecule has 0 amide bonds. The molecule has 12 aromatic rings. The second-order valence-electron chi connectivity index (χ2n) is 14.0. The minimum absolute atomic E-state index is 0.637. The van der Waals surface area contributed by atoms with Crippen molar-refractivity contribution in [3.8, 4) is 34.0 Å². The van der Waals surface area contributed by atoms with Gasteiger partial charge >= 0.3 is 0 Å². The molecular formula is C49H29N5S. The van der Waals surface area contributed by atoms with Crippen molar-refractivity contribution in [2.24, 2.45) is 0 Å². The van der Waals surface area contributed by atoms with Gasteiger partial charge in [0.2, 0.25) is 5.95 Å². The highest BCUT2D eigenvalue weighted by Gasteiger charge is 2.28. The maximum absolute atomic E-state index is 5.52. The van der Waals surface area contributed by atoms with Crippen molar-refractivity contribution in [1.29, 1.82) is 0 Å². The van der Waals surface area contributed by atoms with Crippen molar-refractivity contribution >= 4 is 86.2 Å². The number of pyridine rings is 1. The molecule has 0 unspecified atom stereocenters. The summed E-state index contributed by atoms with van der Waals surface area (Å²) in [7, 11) is 0. The Morgan fingerprint density at radius 2 is 0.982 bits per heavy atom. The van der Waals surface area contributed by atoms with Gasteiger partial charge in [-0.15, -0.1) is 11.3 Å². The third kappa shape index (κ3) is 4.37. The molecule has 7 aromatic carbocycles. The van der Waals surface area contributed by atoms with Crippen LogP contribution in [0.15, 0.2) is 176 Å². The zero-order valence-corrected chi connectivity index (χ0v) is 30.2. The molecule has 0 fully saturated rings. The molecular weight excluding hydrogens is 691 g/mol. The number of thiophene rings is 1. The first kappa shape index (κ1) is 30.3. The van der Waals surface area contributed by atoms with Crippen molar-refractivity contribution in [3.05, 3.63) is 176 Å². The Labute approximate surface area is 319 Å². The molecule has 0 aliphatic heterocycles. The summed E-state index contributed by atoms with van der Waals surface area (Å²) < 4.78 is 5.97. The first-order valence-corrected chi connectivity index (χ1v) is 19.3. The zero-order valence-electron chi connectivity index (χ0n) is 29.4. The fourth-order valence-corrected chi connectivity index (χ4v) is 9.86. The molecule has 55 heavy (non-hydrogen) atoms. The number of fused-ring (bicyclic) bond motifs is 13. The minimum atomic E-state index is 0.637. The summed E-state index contributed by atoms with van der Waals surface area (Å²) >= 11 is 1.77. The fraction of sp³-hybridized carbons (Fsp3) is 0. The lowest BCUT2D eigenvalue weighted by atomic mass is 10.0. The van der Waals surface area contributed by atoms with Crippen molar-refractivity contribution in [2.45, 2.75) is 0 Å². The summed E-state index contributed by atoms with van der Waals surface area (Å²) in [6.07, 6.45) is 1.90. The summed E-state index contributed by atoms with van der Waals surface area (Å²) in [5, 5.41) is 8.11. The molecule has 0 N–H and O–H groups in total. The maximum atomic E-state index is 5.52. The molecule has 0 aliphatic carbocycles. The van der Waals surface area contributed by atoms with Gasteiger partial charge in [-0.05, 0) is 53.6 Å². The van der Waals surface area contributed by atoms with Gasteiger partial charge in [-0.3, -0.25) is 4.57 Å². The van der Waals surface area contributed by atoms with Crippen LogP contribution in [0.1, 0.15) is 0 Å². The zero-order chi connectivity index (χ0) is 36.0. The van der Waals surface area contributed by atoms with Crippen molar-refractivity contribution in [1.82, 2.24) is 24.1 Å². The largest absolute Gasteiger partial charge is 0.308 e. The van der Waals surface area contributed by atoms with Crippen LogP contribution in [0.4, 0.5) is 0 Å². The third-order valence-corrected chi connectivity index (χ3v) is 12.1. The Bertz CT molecular complexity index is 3470. The van der Waals surface area contributed by atoms with E-state index in [9.17, 15) is 0 Å². The highest BCUT2D eigenvalue weighted by molar-refractivity contribution is 7.26. The van der Waals surface area contributed by atoms with Gasteiger partial charge in [0.15, 0.2) is 0 Å². The second kappa shape index (κ2) is 11.7. The average Bonchev–Trinajstić information content (AvgIpc) is 3.92. The lowest BCUT2D eigenvalue weighted by Gasteiger charge is -2.13. The highest BCUT2D eigenvalue weighted by atomic mass is 32.1. The SMILES string of the molecule is c1ccc(-c2ccc(-c3nc(-n4c5ccccc5c5c6c(c7ccccc7n6-c6ccccc6)c6sc7ncccc7c6c54)nc4ccccc34)cc2)cc1. The van der Waals surface area contributed by atoms with E-state index in [4.69, 9.17) is 15.0 Å². The molecule has 12 rings (SSSR count). The molecule has 5 heterocycles. The Balaban J connectivity index is 1.26. The van der Waals surface area contributed by atoms with Gasteiger partial charge < -0.3 is 4.57 Å². The molecule has 5 nitrogen and oxygen atoms in total. The normalized spacial score (nSPS) is 12.0. The molecule has 0 aliphatic rings. The molecule has 0 atom stereocenters. The van der Waals surface area contributed by atoms with Crippen LogP contribution in [-0.2, 0) is 0 Å². The van der Waals surface area contributed by atoms with E-state index in [-0.39, 0.29) is 0 Å². The van der Waals surface area contributed by atoms with E-state index in [0.717, 1.165) is 54.5 Å². The van der Waals surface area contributed by atoms with Crippen LogP contribution in [0.2, 0.25) is 0 Å². The smallest absolute Gasteiger partial charge is 0.235 e. The Kier molecular flexibility index (Phi) is 6.44.